The van der Waals surface area contributed by atoms with Crippen LogP contribution in [0.1, 0.15) is 18.1 Å². The molecule has 0 saturated heterocycles. The first-order valence-corrected chi connectivity index (χ1v) is 5.41. The number of nitrogens with zero attached hydrogens (tertiary/aromatic N) is 1. The molecule has 0 heterocycles. The van der Waals surface area contributed by atoms with Crippen LogP contribution in [0.5, 0.6) is 0 Å². The molecule has 0 aliphatic carbocycles. The third-order valence-corrected chi connectivity index (χ3v) is 2.61. The van der Waals surface area contributed by atoms with E-state index in [2.05, 4.69) is 0 Å². The topological polar surface area (TPSA) is 29.5 Å². The second-order valence-corrected chi connectivity index (χ2v) is 3.90. The number of anilines is 1. The van der Waals surface area contributed by atoms with Gasteiger partial charge in [0, 0.05) is 26.3 Å². The van der Waals surface area contributed by atoms with Crippen molar-refractivity contribution in [1.82, 2.24) is 0 Å². The van der Waals surface area contributed by atoms with Crippen molar-refractivity contribution in [2.24, 2.45) is 0 Å². The molecule has 0 bridgehead atoms. The predicted octanol–water partition coefficient (Wildman–Crippen LogP) is 2.30. The Morgan fingerprint density at radius 3 is 2.31 bits per heavy atom. The second kappa shape index (κ2) is 5.66. The van der Waals surface area contributed by atoms with Crippen LogP contribution in [-0.4, -0.2) is 26.2 Å². The summed E-state index contributed by atoms with van der Waals surface area (Å²) in [4.78, 5) is 13.4. The SMILES string of the molecule is COCCN(C(C)=O)c1c(C)cccc1C. The normalized spacial score (nSPS) is 10.2. The number of methoxy groups -OCH3 is 1. The van der Waals surface area contributed by atoms with Crippen LogP contribution in [0.4, 0.5) is 5.69 Å². The van der Waals surface area contributed by atoms with E-state index >= 15 is 0 Å². The van der Waals surface area contributed by atoms with Gasteiger partial charge in [0.25, 0.3) is 0 Å². The van der Waals surface area contributed by atoms with E-state index < -0.39 is 0 Å². The van der Waals surface area contributed by atoms with Crippen molar-refractivity contribution in [1.29, 1.82) is 0 Å². The van der Waals surface area contributed by atoms with Crippen molar-refractivity contribution in [2.75, 3.05) is 25.2 Å². The van der Waals surface area contributed by atoms with Gasteiger partial charge in [-0.05, 0) is 25.0 Å². The van der Waals surface area contributed by atoms with Gasteiger partial charge in [0.2, 0.25) is 5.91 Å². The maximum Gasteiger partial charge on any atom is 0.223 e. The summed E-state index contributed by atoms with van der Waals surface area (Å²) in [5.74, 6) is 0.0504. The summed E-state index contributed by atoms with van der Waals surface area (Å²) in [6.07, 6.45) is 0. The minimum Gasteiger partial charge on any atom is -0.383 e. The van der Waals surface area contributed by atoms with Gasteiger partial charge in [0.15, 0.2) is 0 Å². The van der Waals surface area contributed by atoms with E-state index in [0.29, 0.717) is 13.2 Å². The Labute approximate surface area is 97.0 Å². The Morgan fingerprint density at radius 2 is 1.88 bits per heavy atom. The molecule has 0 fully saturated rings. The lowest BCUT2D eigenvalue weighted by atomic mass is 10.1. The Morgan fingerprint density at radius 1 is 1.31 bits per heavy atom. The van der Waals surface area contributed by atoms with Crippen LogP contribution in [0.3, 0.4) is 0 Å². The van der Waals surface area contributed by atoms with Crippen LogP contribution < -0.4 is 4.90 Å². The van der Waals surface area contributed by atoms with Crippen LogP contribution in [0.2, 0.25) is 0 Å². The largest absolute Gasteiger partial charge is 0.383 e. The van der Waals surface area contributed by atoms with E-state index in [4.69, 9.17) is 4.74 Å². The molecular weight excluding hydrogens is 202 g/mol. The Kier molecular flexibility index (Phi) is 4.50. The van der Waals surface area contributed by atoms with Crippen molar-refractivity contribution in [3.05, 3.63) is 29.3 Å². The number of para-hydroxylation sites is 1. The van der Waals surface area contributed by atoms with Gasteiger partial charge < -0.3 is 9.64 Å². The van der Waals surface area contributed by atoms with Gasteiger partial charge in [0.1, 0.15) is 0 Å². The molecule has 16 heavy (non-hydrogen) atoms. The highest BCUT2D eigenvalue weighted by Crippen LogP contribution is 2.24. The van der Waals surface area contributed by atoms with Gasteiger partial charge in [0.05, 0.1) is 6.61 Å². The molecule has 0 aliphatic rings. The Bertz CT molecular complexity index is 354. The van der Waals surface area contributed by atoms with Crippen molar-refractivity contribution in [2.45, 2.75) is 20.8 Å². The van der Waals surface area contributed by atoms with E-state index in [0.717, 1.165) is 16.8 Å². The molecule has 1 aromatic carbocycles. The number of carbonyl (C=O) groups is 1. The van der Waals surface area contributed by atoms with Crippen molar-refractivity contribution in [3.8, 4) is 0 Å². The first kappa shape index (κ1) is 12.7. The van der Waals surface area contributed by atoms with Gasteiger partial charge in [-0.3, -0.25) is 4.79 Å². The Hall–Kier alpha value is -1.35. The highest BCUT2D eigenvalue weighted by Gasteiger charge is 2.15. The van der Waals surface area contributed by atoms with Crippen LogP contribution in [-0.2, 0) is 9.53 Å². The fourth-order valence-corrected chi connectivity index (χ4v) is 1.84. The first-order chi connectivity index (χ1) is 7.57. The molecule has 1 rings (SSSR count). The van der Waals surface area contributed by atoms with Crippen molar-refractivity contribution < 1.29 is 9.53 Å². The van der Waals surface area contributed by atoms with Crippen LogP contribution in [0.15, 0.2) is 18.2 Å². The summed E-state index contributed by atoms with van der Waals surface area (Å²) in [5.41, 5.74) is 3.24. The van der Waals surface area contributed by atoms with Gasteiger partial charge in [-0.1, -0.05) is 18.2 Å². The minimum atomic E-state index is 0.0504. The number of benzene rings is 1. The van der Waals surface area contributed by atoms with E-state index in [1.165, 1.54) is 0 Å². The third-order valence-electron chi connectivity index (χ3n) is 2.61. The van der Waals surface area contributed by atoms with Crippen LogP contribution >= 0.6 is 0 Å². The molecule has 0 aliphatic heterocycles. The fraction of sp³-hybridized carbons (Fsp3) is 0.462. The van der Waals surface area contributed by atoms with E-state index in [1.54, 1.807) is 18.9 Å². The lowest BCUT2D eigenvalue weighted by Gasteiger charge is -2.24. The van der Waals surface area contributed by atoms with Crippen LogP contribution in [0, 0.1) is 13.8 Å². The molecule has 0 spiro atoms. The molecule has 3 nitrogen and oxygen atoms in total. The number of rotatable bonds is 4. The summed E-state index contributed by atoms with van der Waals surface area (Å²) in [6, 6.07) is 6.04. The molecule has 0 saturated carbocycles. The number of ether oxygens (including phenoxy) is 1. The molecule has 3 heteroatoms. The van der Waals surface area contributed by atoms with Crippen molar-refractivity contribution >= 4 is 11.6 Å². The summed E-state index contributed by atoms with van der Waals surface area (Å²) in [7, 11) is 1.64. The van der Waals surface area contributed by atoms with E-state index in [-0.39, 0.29) is 5.91 Å². The van der Waals surface area contributed by atoms with Gasteiger partial charge in [-0.25, -0.2) is 0 Å². The predicted molar refractivity (Wildman–Crippen MR) is 65.8 cm³/mol. The average Bonchev–Trinajstić information content (AvgIpc) is 2.21. The lowest BCUT2D eigenvalue weighted by Crippen LogP contribution is -2.33. The Balaban J connectivity index is 3.05. The quantitative estimate of drug-likeness (QED) is 0.780. The minimum absolute atomic E-state index is 0.0504. The van der Waals surface area contributed by atoms with Crippen LogP contribution in [0.25, 0.3) is 0 Å². The molecule has 0 radical (unpaired) electrons. The maximum absolute atomic E-state index is 11.6. The number of amides is 1. The molecule has 1 amide bonds. The number of hydrogen-bond acceptors (Lipinski definition) is 2. The zero-order valence-electron chi connectivity index (χ0n) is 10.4. The van der Waals surface area contributed by atoms with E-state index in [9.17, 15) is 4.79 Å². The smallest absolute Gasteiger partial charge is 0.223 e. The van der Waals surface area contributed by atoms with Gasteiger partial charge in [-0.15, -0.1) is 0 Å². The molecule has 1 aromatic rings. The summed E-state index contributed by atoms with van der Waals surface area (Å²) < 4.78 is 5.03. The molecule has 88 valence electrons. The molecule has 0 aromatic heterocycles. The monoisotopic (exact) mass is 221 g/mol. The maximum atomic E-state index is 11.6. The molecule has 0 atom stereocenters. The molecule has 0 N–H and O–H groups in total. The van der Waals surface area contributed by atoms with Crippen molar-refractivity contribution in [3.63, 3.8) is 0 Å². The highest BCUT2D eigenvalue weighted by atomic mass is 16.5. The highest BCUT2D eigenvalue weighted by molar-refractivity contribution is 5.93. The first-order valence-electron chi connectivity index (χ1n) is 5.41. The molecular formula is C13H19NO2. The standard InChI is InChI=1S/C13H19NO2/c1-10-6-5-7-11(2)13(10)14(12(3)15)8-9-16-4/h5-7H,8-9H2,1-4H3. The summed E-state index contributed by atoms with van der Waals surface area (Å²) in [6.45, 7) is 6.77. The lowest BCUT2D eigenvalue weighted by molar-refractivity contribution is -0.116. The second-order valence-electron chi connectivity index (χ2n) is 3.90. The third kappa shape index (κ3) is 2.83. The zero-order chi connectivity index (χ0) is 12.1. The fourth-order valence-electron chi connectivity index (χ4n) is 1.84. The summed E-state index contributed by atoms with van der Waals surface area (Å²) in [5, 5.41) is 0. The van der Waals surface area contributed by atoms with Gasteiger partial charge in [-0.2, -0.15) is 0 Å². The average molecular weight is 221 g/mol. The van der Waals surface area contributed by atoms with Gasteiger partial charge >= 0.3 is 0 Å². The zero-order valence-corrected chi connectivity index (χ0v) is 10.4. The summed E-state index contributed by atoms with van der Waals surface area (Å²) >= 11 is 0. The number of hydrogen-bond donors (Lipinski definition) is 0. The molecule has 0 unspecified atom stereocenters. The number of carbonyl (C=O) groups excluding carboxylic acids is 1. The van der Waals surface area contributed by atoms with E-state index in [1.807, 2.05) is 32.0 Å². The number of aryl methyl sites for hydroxylation is 2.